The molecule has 6 nitrogen and oxygen atoms in total. The van der Waals surface area contributed by atoms with Crippen molar-refractivity contribution in [2.75, 3.05) is 20.8 Å². The van der Waals surface area contributed by atoms with E-state index < -0.39 is 0 Å². The molecule has 1 fully saturated rings. The van der Waals surface area contributed by atoms with E-state index in [0.29, 0.717) is 33.7 Å². The first-order valence-corrected chi connectivity index (χ1v) is 9.62. The molecule has 0 N–H and O–H groups in total. The summed E-state index contributed by atoms with van der Waals surface area (Å²) in [5.41, 5.74) is 2.98. The largest absolute Gasteiger partial charge is 0.493 e. The molecule has 2 heterocycles. The van der Waals surface area contributed by atoms with Crippen molar-refractivity contribution < 1.29 is 14.3 Å². The number of thioether (sulfide) groups is 1. The zero-order valence-corrected chi connectivity index (χ0v) is 17.3. The van der Waals surface area contributed by atoms with Crippen molar-refractivity contribution in [3.63, 3.8) is 0 Å². The van der Waals surface area contributed by atoms with Gasteiger partial charge in [-0.1, -0.05) is 30.0 Å². The summed E-state index contributed by atoms with van der Waals surface area (Å²) in [6, 6.07) is 5.75. The molecule has 0 radical (unpaired) electrons. The van der Waals surface area contributed by atoms with Crippen LogP contribution >= 0.6 is 24.0 Å². The Morgan fingerprint density at radius 2 is 2.00 bits per heavy atom. The van der Waals surface area contributed by atoms with Crippen LogP contribution in [0.25, 0.3) is 6.08 Å². The van der Waals surface area contributed by atoms with Gasteiger partial charge in [0.15, 0.2) is 11.5 Å². The lowest BCUT2D eigenvalue weighted by atomic mass is 10.1. The molecule has 3 rings (SSSR count). The van der Waals surface area contributed by atoms with Crippen LogP contribution in [0.4, 0.5) is 0 Å². The number of hydrogen-bond donors (Lipinski definition) is 0. The van der Waals surface area contributed by atoms with Gasteiger partial charge in [0, 0.05) is 24.8 Å². The number of carbonyl (C=O) groups excluding carboxylic acids is 1. The lowest BCUT2D eigenvalue weighted by Gasteiger charge is -2.15. The van der Waals surface area contributed by atoms with E-state index in [0.717, 1.165) is 16.8 Å². The van der Waals surface area contributed by atoms with Crippen LogP contribution < -0.4 is 9.47 Å². The lowest BCUT2D eigenvalue weighted by molar-refractivity contribution is -0.122. The molecule has 1 aromatic carbocycles. The van der Waals surface area contributed by atoms with E-state index in [4.69, 9.17) is 21.7 Å². The van der Waals surface area contributed by atoms with E-state index in [1.165, 1.54) is 11.8 Å². The van der Waals surface area contributed by atoms with Crippen molar-refractivity contribution in [1.82, 2.24) is 14.7 Å². The summed E-state index contributed by atoms with van der Waals surface area (Å²) in [6.07, 6.45) is 4.29. The molecule has 0 spiro atoms. The number of carbonyl (C=O) groups is 1. The second-order valence-corrected chi connectivity index (χ2v) is 7.76. The van der Waals surface area contributed by atoms with Crippen LogP contribution in [-0.4, -0.2) is 45.7 Å². The highest BCUT2D eigenvalue weighted by molar-refractivity contribution is 8.26. The van der Waals surface area contributed by atoms with Crippen LogP contribution in [0.2, 0.25) is 0 Å². The zero-order valence-electron chi connectivity index (χ0n) is 15.7. The number of aryl methyl sites for hydroxylation is 1. The molecule has 0 atom stereocenters. The summed E-state index contributed by atoms with van der Waals surface area (Å²) >= 11 is 6.74. The lowest BCUT2D eigenvalue weighted by Crippen LogP contribution is -2.30. The smallest absolute Gasteiger partial charge is 0.266 e. The van der Waals surface area contributed by atoms with Crippen molar-refractivity contribution in [3.8, 4) is 11.5 Å². The summed E-state index contributed by atoms with van der Waals surface area (Å²) in [4.78, 5) is 15.0. The molecule has 0 aliphatic carbocycles. The third-order valence-corrected chi connectivity index (χ3v) is 5.88. The Bertz CT molecular complexity index is 921. The molecule has 1 aromatic heterocycles. The number of methoxy groups -OCH3 is 2. The highest BCUT2D eigenvalue weighted by Gasteiger charge is 2.31. The molecule has 0 bridgehead atoms. The van der Waals surface area contributed by atoms with Gasteiger partial charge in [0.25, 0.3) is 5.91 Å². The molecule has 2 aromatic rings. The van der Waals surface area contributed by atoms with Crippen molar-refractivity contribution in [2.45, 2.75) is 13.3 Å². The Labute approximate surface area is 168 Å². The normalized spacial score (nSPS) is 15.7. The van der Waals surface area contributed by atoms with E-state index >= 15 is 0 Å². The molecule has 0 unspecified atom stereocenters. The van der Waals surface area contributed by atoms with E-state index in [1.54, 1.807) is 30.0 Å². The quantitative estimate of drug-likeness (QED) is 0.545. The van der Waals surface area contributed by atoms with Gasteiger partial charge in [-0.05, 0) is 37.1 Å². The average Bonchev–Trinajstić information content (AvgIpc) is 3.12. The number of thiocarbonyl (C=S) groups is 1. The fourth-order valence-electron chi connectivity index (χ4n) is 2.77. The second kappa shape index (κ2) is 8.14. The molecule has 1 amide bonds. The van der Waals surface area contributed by atoms with Crippen molar-refractivity contribution in [1.29, 1.82) is 0 Å². The van der Waals surface area contributed by atoms with Crippen molar-refractivity contribution in [2.24, 2.45) is 7.05 Å². The van der Waals surface area contributed by atoms with Crippen LogP contribution in [0.15, 0.2) is 29.3 Å². The average molecular weight is 404 g/mol. The van der Waals surface area contributed by atoms with Crippen LogP contribution in [0.1, 0.15) is 16.8 Å². The standard InChI is InChI=1S/C19H21N3O3S2/c1-12-14(11-20-21(12)2)10-17-18(23)22(19(26)27-17)8-7-13-5-6-15(24-3)16(9-13)25-4/h5-6,9-11H,7-8H2,1-4H3/b17-10+. The van der Waals surface area contributed by atoms with Gasteiger partial charge in [-0.2, -0.15) is 5.10 Å². The third kappa shape index (κ3) is 4.01. The Balaban J connectivity index is 1.72. The zero-order chi connectivity index (χ0) is 19.6. The first-order valence-electron chi connectivity index (χ1n) is 8.39. The summed E-state index contributed by atoms with van der Waals surface area (Å²) in [5.74, 6) is 1.29. The van der Waals surface area contributed by atoms with Crippen LogP contribution in [0.5, 0.6) is 11.5 Å². The van der Waals surface area contributed by atoms with Gasteiger partial charge in [0.1, 0.15) is 4.32 Å². The number of aromatic nitrogens is 2. The molecule has 1 aliphatic rings. The van der Waals surface area contributed by atoms with Crippen LogP contribution in [0, 0.1) is 6.92 Å². The summed E-state index contributed by atoms with van der Waals surface area (Å²) < 4.78 is 13.0. The Hall–Kier alpha value is -2.32. The van der Waals surface area contributed by atoms with Crippen LogP contribution in [0.3, 0.4) is 0 Å². The highest BCUT2D eigenvalue weighted by Crippen LogP contribution is 2.33. The van der Waals surface area contributed by atoms with Crippen molar-refractivity contribution >= 4 is 40.3 Å². The molecule has 27 heavy (non-hydrogen) atoms. The number of benzene rings is 1. The monoisotopic (exact) mass is 403 g/mol. The molecule has 142 valence electrons. The number of nitrogens with zero attached hydrogens (tertiary/aromatic N) is 3. The van der Waals surface area contributed by atoms with Crippen molar-refractivity contribution in [3.05, 3.63) is 46.1 Å². The van der Waals surface area contributed by atoms with Gasteiger partial charge in [-0.3, -0.25) is 14.4 Å². The minimum Gasteiger partial charge on any atom is -0.493 e. The Morgan fingerprint density at radius 1 is 1.26 bits per heavy atom. The highest BCUT2D eigenvalue weighted by atomic mass is 32.2. The summed E-state index contributed by atoms with van der Waals surface area (Å²) in [7, 11) is 5.09. The first kappa shape index (κ1) is 19.4. The second-order valence-electron chi connectivity index (χ2n) is 6.08. The van der Waals surface area contributed by atoms with Gasteiger partial charge in [-0.15, -0.1) is 0 Å². The fourth-order valence-corrected chi connectivity index (χ4v) is 4.07. The summed E-state index contributed by atoms with van der Waals surface area (Å²) in [5, 5.41) is 4.21. The van der Waals surface area contributed by atoms with Crippen LogP contribution in [-0.2, 0) is 18.3 Å². The Kier molecular flexibility index (Phi) is 5.86. The van der Waals surface area contributed by atoms with E-state index in [-0.39, 0.29) is 5.91 Å². The topological polar surface area (TPSA) is 56.6 Å². The van der Waals surface area contributed by atoms with E-state index in [9.17, 15) is 4.79 Å². The number of amides is 1. The van der Waals surface area contributed by atoms with E-state index in [1.807, 2.05) is 38.2 Å². The fraction of sp³-hybridized carbons (Fsp3) is 0.316. The minimum atomic E-state index is -0.0614. The predicted molar refractivity (Wildman–Crippen MR) is 111 cm³/mol. The molecule has 1 aliphatic heterocycles. The maximum Gasteiger partial charge on any atom is 0.266 e. The molecule has 0 saturated carbocycles. The maximum absolute atomic E-state index is 12.8. The number of rotatable bonds is 6. The number of ether oxygens (including phenoxy) is 2. The third-order valence-electron chi connectivity index (χ3n) is 4.51. The van der Waals surface area contributed by atoms with Gasteiger partial charge in [0.2, 0.25) is 0 Å². The first-order chi connectivity index (χ1) is 12.9. The van der Waals surface area contributed by atoms with Gasteiger partial charge in [0.05, 0.1) is 25.3 Å². The van der Waals surface area contributed by atoms with Gasteiger partial charge in [-0.25, -0.2) is 0 Å². The Morgan fingerprint density at radius 3 is 2.63 bits per heavy atom. The van der Waals surface area contributed by atoms with Gasteiger partial charge >= 0.3 is 0 Å². The molecule has 1 saturated heterocycles. The summed E-state index contributed by atoms with van der Waals surface area (Å²) in [6.45, 7) is 2.49. The van der Waals surface area contributed by atoms with E-state index in [2.05, 4.69) is 5.10 Å². The number of hydrogen-bond acceptors (Lipinski definition) is 6. The minimum absolute atomic E-state index is 0.0614. The SMILES string of the molecule is COc1ccc(CCN2C(=O)/C(=C\c3cnn(C)c3C)SC2=S)cc1OC. The molecular formula is C19H21N3O3S2. The molecular weight excluding hydrogens is 382 g/mol. The maximum atomic E-state index is 12.8. The molecule has 8 heteroatoms. The predicted octanol–water partition coefficient (Wildman–Crippen LogP) is 3.19. The van der Waals surface area contributed by atoms with Gasteiger partial charge < -0.3 is 9.47 Å².